The number of aliphatic hydroxyl groups excluding tert-OH is 1. The quantitative estimate of drug-likeness (QED) is 0.795. The molecule has 0 atom stereocenters. The molecular formula is C17H14ClNO3. The molecule has 112 valence electrons. The van der Waals surface area contributed by atoms with Gasteiger partial charge in [-0.1, -0.05) is 41.9 Å². The maximum absolute atomic E-state index is 12.3. The largest absolute Gasteiger partial charge is 0.444 e. The van der Waals surface area contributed by atoms with Crippen molar-refractivity contribution in [2.24, 2.45) is 0 Å². The molecule has 0 aliphatic carbocycles. The third-order valence-corrected chi connectivity index (χ3v) is 3.66. The number of rotatable bonds is 3. The number of carbonyl (C=O) groups is 1. The minimum absolute atomic E-state index is 0.171. The standard InChI is InChI=1S/C17H14ClNO3/c18-14-6-7-16-15(8-14)13(10-20)9-19(16)17(21)22-11-12-4-2-1-3-5-12/h1-9,20H,10-11H2. The lowest BCUT2D eigenvalue weighted by atomic mass is 10.2. The number of aromatic nitrogens is 1. The molecule has 1 heterocycles. The molecule has 0 amide bonds. The van der Waals surface area contributed by atoms with Gasteiger partial charge >= 0.3 is 6.09 Å². The summed E-state index contributed by atoms with van der Waals surface area (Å²) >= 11 is 5.97. The van der Waals surface area contributed by atoms with E-state index in [1.165, 1.54) is 4.57 Å². The van der Waals surface area contributed by atoms with E-state index in [4.69, 9.17) is 16.3 Å². The Balaban J connectivity index is 1.88. The number of nitrogens with zero attached hydrogens (tertiary/aromatic N) is 1. The Kier molecular flexibility index (Phi) is 4.13. The average Bonchev–Trinajstić information content (AvgIpc) is 2.91. The average molecular weight is 316 g/mol. The van der Waals surface area contributed by atoms with Gasteiger partial charge in [-0.05, 0) is 23.8 Å². The first kappa shape index (κ1) is 14.6. The number of hydrogen-bond acceptors (Lipinski definition) is 3. The van der Waals surface area contributed by atoms with Gasteiger partial charge in [0.15, 0.2) is 0 Å². The van der Waals surface area contributed by atoms with Gasteiger partial charge in [0.2, 0.25) is 0 Å². The number of halogens is 1. The van der Waals surface area contributed by atoms with Gasteiger partial charge in [0.25, 0.3) is 0 Å². The summed E-state index contributed by atoms with van der Waals surface area (Å²) in [4.78, 5) is 12.3. The summed E-state index contributed by atoms with van der Waals surface area (Å²) in [7, 11) is 0. The monoisotopic (exact) mass is 315 g/mol. The minimum Gasteiger partial charge on any atom is -0.444 e. The van der Waals surface area contributed by atoms with Crippen molar-refractivity contribution in [3.8, 4) is 0 Å². The van der Waals surface area contributed by atoms with E-state index < -0.39 is 6.09 Å². The van der Waals surface area contributed by atoms with Crippen LogP contribution in [0.1, 0.15) is 11.1 Å². The number of benzene rings is 2. The SMILES string of the molecule is O=C(OCc1ccccc1)n1cc(CO)c2cc(Cl)ccc21. The summed E-state index contributed by atoms with van der Waals surface area (Å²) in [6.07, 6.45) is 1.09. The van der Waals surface area contributed by atoms with Crippen molar-refractivity contribution in [1.82, 2.24) is 4.57 Å². The summed E-state index contributed by atoms with van der Waals surface area (Å²) in [5.41, 5.74) is 2.21. The van der Waals surface area contributed by atoms with Crippen LogP contribution in [0.25, 0.3) is 10.9 Å². The lowest BCUT2D eigenvalue weighted by Gasteiger charge is -2.06. The van der Waals surface area contributed by atoms with E-state index in [1.807, 2.05) is 30.3 Å². The van der Waals surface area contributed by atoms with Crippen LogP contribution in [0, 0.1) is 0 Å². The van der Waals surface area contributed by atoms with E-state index in [1.54, 1.807) is 24.4 Å². The van der Waals surface area contributed by atoms with Crippen molar-refractivity contribution in [2.75, 3.05) is 0 Å². The van der Waals surface area contributed by atoms with Crippen LogP contribution in [0.4, 0.5) is 4.79 Å². The summed E-state index contributed by atoms with van der Waals surface area (Å²) in [5, 5.41) is 10.7. The highest BCUT2D eigenvalue weighted by Crippen LogP contribution is 2.25. The van der Waals surface area contributed by atoms with Crippen LogP contribution >= 0.6 is 11.6 Å². The Labute approximate surface area is 132 Å². The summed E-state index contributed by atoms with van der Waals surface area (Å²) in [6, 6.07) is 14.6. The molecule has 0 saturated heterocycles. The van der Waals surface area contributed by atoms with Gasteiger partial charge in [-0.25, -0.2) is 4.79 Å². The molecule has 0 radical (unpaired) electrons. The molecule has 1 aromatic heterocycles. The van der Waals surface area contributed by atoms with Gasteiger partial charge in [0.1, 0.15) is 6.61 Å². The Hall–Kier alpha value is -2.30. The molecule has 2 aromatic carbocycles. The van der Waals surface area contributed by atoms with Crippen LogP contribution in [0.5, 0.6) is 0 Å². The Morgan fingerprint density at radius 2 is 1.95 bits per heavy atom. The topological polar surface area (TPSA) is 51.5 Å². The van der Waals surface area contributed by atoms with Crippen LogP contribution in [-0.4, -0.2) is 15.8 Å². The highest BCUT2D eigenvalue weighted by molar-refractivity contribution is 6.31. The number of carbonyl (C=O) groups excluding carboxylic acids is 1. The van der Waals surface area contributed by atoms with Gasteiger partial charge in [-0.3, -0.25) is 4.57 Å². The van der Waals surface area contributed by atoms with Gasteiger partial charge in [-0.15, -0.1) is 0 Å². The Morgan fingerprint density at radius 3 is 2.68 bits per heavy atom. The first-order chi connectivity index (χ1) is 10.7. The van der Waals surface area contributed by atoms with Crippen LogP contribution in [0.3, 0.4) is 0 Å². The van der Waals surface area contributed by atoms with Crippen molar-refractivity contribution in [1.29, 1.82) is 0 Å². The molecule has 0 saturated carbocycles. The van der Waals surface area contributed by atoms with Crippen LogP contribution in [-0.2, 0) is 18.0 Å². The maximum atomic E-state index is 12.3. The van der Waals surface area contributed by atoms with E-state index in [0.717, 1.165) is 10.9 Å². The fraction of sp³-hybridized carbons (Fsp3) is 0.118. The van der Waals surface area contributed by atoms with E-state index in [0.29, 0.717) is 16.1 Å². The predicted molar refractivity (Wildman–Crippen MR) is 84.9 cm³/mol. The zero-order valence-electron chi connectivity index (χ0n) is 11.7. The molecular weight excluding hydrogens is 302 g/mol. The third-order valence-electron chi connectivity index (χ3n) is 3.42. The molecule has 22 heavy (non-hydrogen) atoms. The van der Waals surface area contributed by atoms with Gasteiger partial charge < -0.3 is 9.84 Å². The molecule has 3 aromatic rings. The van der Waals surface area contributed by atoms with Crippen molar-refractivity contribution >= 4 is 28.6 Å². The highest BCUT2D eigenvalue weighted by atomic mass is 35.5. The summed E-state index contributed by atoms with van der Waals surface area (Å²) in [5.74, 6) is 0. The molecule has 0 unspecified atom stereocenters. The van der Waals surface area contributed by atoms with Crippen molar-refractivity contribution in [3.05, 3.63) is 70.9 Å². The first-order valence-corrected chi connectivity index (χ1v) is 7.18. The van der Waals surface area contributed by atoms with Crippen LogP contribution in [0.15, 0.2) is 54.7 Å². The van der Waals surface area contributed by atoms with E-state index in [-0.39, 0.29) is 13.2 Å². The minimum atomic E-state index is -0.490. The first-order valence-electron chi connectivity index (χ1n) is 6.80. The van der Waals surface area contributed by atoms with E-state index >= 15 is 0 Å². The fourth-order valence-electron chi connectivity index (χ4n) is 2.34. The molecule has 0 bridgehead atoms. The van der Waals surface area contributed by atoms with Crippen molar-refractivity contribution in [2.45, 2.75) is 13.2 Å². The molecule has 0 fully saturated rings. The number of fused-ring (bicyclic) bond motifs is 1. The number of ether oxygens (including phenoxy) is 1. The van der Waals surface area contributed by atoms with Crippen molar-refractivity contribution < 1.29 is 14.6 Å². The second kappa shape index (κ2) is 6.22. The maximum Gasteiger partial charge on any atom is 0.418 e. The zero-order chi connectivity index (χ0) is 15.5. The van der Waals surface area contributed by atoms with Gasteiger partial charge in [-0.2, -0.15) is 0 Å². The normalized spacial score (nSPS) is 10.8. The third kappa shape index (κ3) is 2.84. The summed E-state index contributed by atoms with van der Waals surface area (Å²) < 4.78 is 6.71. The second-order valence-corrected chi connectivity index (χ2v) is 5.32. The lowest BCUT2D eigenvalue weighted by Crippen LogP contribution is -2.12. The van der Waals surface area contributed by atoms with Crippen molar-refractivity contribution in [3.63, 3.8) is 0 Å². The number of aliphatic hydroxyl groups is 1. The highest BCUT2D eigenvalue weighted by Gasteiger charge is 2.14. The molecule has 0 spiro atoms. The second-order valence-electron chi connectivity index (χ2n) is 4.88. The smallest absolute Gasteiger partial charge is 0.418 e. The Bertz CT molecular complexity index is 811. The zero-order valence-corrected chi connectivity index (χ0v) is 12.5. The summed E-state index contributed by atoms with van der Waals surface area (Å²) in [6.45, 7) is 0.0250. The van der Waals surface area contributed by atoms with Gasteiger partial charge in [0, 0.05) is 22.2 Å². The van der Waals surface area contributed by atoms with Gasteiger partial charge in [0.05, 0.1) is 12.1 Å². The molecule has 0 aliphatic rings. The lowest BCUT2D eigenvalue weighted by molar-refractivity contribution is 0.142. The van der Waals surface area contributed by atoms with E-state index in [2.05, 4.69) is 0 Å². The number of hydrogen-bond donors (Lipinski definition) is 1. The molecule has 4 nitrogen and oxygen atoms in total. The molecule has 1 N–H and O–H groups in total. The van der Waals surface area contributed by atoms with Crippen LogP contribution in [0.2, 0.25) is 5.02 Å². The van der Waals surface area contributed by atoms with Crippen LogP contribution < -0.4 is 0 Å². The Morgan fingerprint density at radius 1 is 1.18 bits per heavy atom. The molecule has 0 aliphatic heterocycles. The fourth-order valence-corrected chi connectivity index (χ4v) is 2.51. The van der Waals surface area contributed by atoms with E-state index in [9.17, 15) is 9.90 Å². The molecule has 3 rings (SSSR count). The molecule has 5 heteroatoms. The predicted octanol–water partition coefficient (Wildman–Crippen LogP) is 3.97.